The lowest BCUT2D eigenvalue weighted by molar-refractivity contribution is -0.127. The van der Waals surface area contributed by atoms with Crippen LogP contribution in [0.4, 0.5) is 0 Å². The lowest BCUT2D eigenvalue weighted by Gasteiger charge is -2.19. The van der Waals surface area contributed by atoms with Gasteiger partial charge in [0.2, 0.25) is 0 Å². The highest BCUT2D eigenvalue weighted by Crippen LogP contribution is 2.28. The van der Waals surface area contributed by atoms with Gasteiger partial charge in [0.15, 0.2) is 6.10 Å². The van der Waals surface area contributed by atoms with Crippen LogP contribution in [0.5, 0.6) is 5.75 Å². The van der Waals surface area contributed by atoms with Crippen molar-refractivity contribution in [3.63, 3.8) is 0 Å². The molecule has 1 unspecified atom stereocenters. The Bertz CT molecular complexity index is 750. The molecule has 1 aromatic carbocycles. The average molecular weight is 357 g/mol. The topological polar surface area (TPSA) is 56.1 Å². The molecule has 0 aliphatic carbocycles. The van der Waals surface area contributed by atoms with Crippen LogP contribution >= 0.6 is 0 Å². The molecule has 1 heterocycles. The van der Waals surface area contributed by atoms with Crippen LogP contribution in [0.2, 0.25) is 0 Å². The van der Waals surface area contributed by atoms with Crippen molar-refractivity contribution < 1.29 is 9.53 Å². The zero-order valence-corrected chi connectivity index (χ0v) is 16.8. The standard InChI is InChI=1S/C21H31N3O2/c1-14(2)19-9-8-15(3)12-20(19)26-18(6)21(25)22-10-7-11-24-17(5)13-16(4)23-24/h8-9,12-14,18H,7,10-11H2,1-6H3,(H,22,25). The minimum absolute atomic E-state index is 0.0884. The number of nitrogens with one attached hydrogen (secondary N) is 1. The third-order valence-corrected chi connectivity index (χ3v) is 4.41. The molecule has 5 heteroatoms. The lowest BCUT2D eigenvalue weighted by atomic mass is 10.0. The smallest absolute Gasteiger partial charge is 0.260 e. The quantitative estimate of drug-likeness (QED) is 0.729. The van der Waals surface area contributed by atoms with E-state index in [9.17, 15) is 4.79 Å². The van der Waals surface area contributed by atoms with Gasteiger partial charge in [-0.15, -0.1) is 0 Å². The number of aromatic nitrogens is 2. The molecular formula is C21H31N3O2. The van der Waals surface area contributed by atoms with Crippen LogP contribution in [-0.2, 0) is 11.3 Å². The van der Waals surface area contributed by atoms with Gasteiger partial charge < -0.3 is 10.1 Å². The predicted molar refractivity (Wildman–Crippen MR) is 105 cm³/mol. The van der Waals surface area contributed by atoms with Crippen LogP contribution < -0.4 is 10.1 Å². The summed E-state index contributed by atoms with van der Waals surface area (Å²) in [6, 6.07) is 8.21. The van der Waals surface area contributed by atoms with E-state index in [1.807, 2.05) is 31.5 Å². The highest BCUT2D eigenvalue weighted by molar-refractivity contribution is 5.80. The molecule has 142 valence electrons. The van der Waals surface area contributed by atoms with E-state index < -0.39 is 6.10 Å². The molecule has 0 aliphatic rings. The van der Waals surface area contributed by atoms with Crippen LogP contribution in [0.15, 0.2) is 24.3 Å². The molecule has 0 fully saturated rings. The van der Waals surface area contributed by atoms with Gasteiger partial charge in [0.1, 0.15) is 5.75 Å². The second kappa shape index (κ2) is 8.88. The van der Waals surface area contributed by atoms with Gasteiger partial charge in [-0.1, -0.05) is 26.0 Å². The van der Waals surface area contributed by atoms with E-state index >= 15 is 0 Å². The highest BCUT2D eigenvalue weighted by Gasteiger charge is 2.17. The first-order valence-corrected chi connectivity index (χ1v) is 9.34. The fourth-order valence-corrected chi connectivity index (χ4v) is 2.95. The number of carbonyl (C=O) groups is 1. The summed E-state index contributed by atoms with van der Waals surface area (Å²) in [6.07, 6.45) is 0.310. The summed E-state index contributed by atoms with van der Waals surface area (Å²) < 4.78 is 7.93. The van der Waals surface area contributed by atoms with Crippen LogP contribution in [0.25, 0.3) is 0 Å². The van der Waals surface area contributed by atoms with Gasteiger partial charge in [0, 0.05) is 18.8 Å². The van der Waals surface area contributed by atoms with E-state index in [4.69, 9.17) is 4.74 Å². The number of aryl methyl sites for hydroxylation is 4. The van der Waals surface area contributed by atoms with Crippen molar-refractivity contribution in [3.05, 3.63) is 46.8 Å². The summed E-state index contributed by atoms with van der Waals surface area (Å²) in [7, 11) is 0. The molecule has 1 atom stereocenters. The van der Waals surface area contributed by atoms with Crippen LogP contribution in [-0.4, -0.2) is 28.3 Å². The molecule has 1 N–H and O–H groups in total. The van der Waals surface area contributed by atoms with Gasteiger partial charge in [0.25, 0.3) is 5.91 Å². The maximum atomic E-state index is 12.3. The van der Waals surface area contributed by atoms with E-state index in [2.05, 4.69) is 42.5 Å². The van der Waals surface area contributed by atoms with E-state index in [0.717, 1.165) is 41.2 Å². The summed E-state index contributed by atoms with van der Waals surface area (Å²) >= 11 is 0. The van der Waals surface area contributed by atoms with Crippen LogP contribution in [0.3, 0.4) is 0 Å². The number of amides is 1. The maximum Gasteiger partial charge on any atom is 0.260 e. The average Bonchev–Trinajstić information content (AvgIpc) is 2.88. The Balaban J connectivity index is 1.84. The second-order valence-corrected chi connectivity index (χ2v) is 7.25. The Morgan fingerprint density at radius 3 is 2.54 bits per heavy atom. The van der Waals surface area contributed by atoms with Gasteiger partial charge in [-0.2, -0.15) is 5.10 Å². The Morgan fingerprint density at radius 2 is 1.92 bits per heavy atom. The molecule has 1 amide bonds. The van der Waals surface area contributed by atoms with E-state index in [1.54, 1.807) is 6.92 Å². The minimum Gasteiger partial charge on any atom is -0.481 e. The Morgan fingerprint density at radius 1 is 1.19 bits per heavy atom. The van der Waals surface area contributed by atoms with Crippen molar-refractivity contribution in [2.24, 2.45) is 0 Å². The fourth-order valence-electron chi connectivity index (χ4n) is 2.95. The normalized spacial score (nSPS) is 12.3. The van der Waals surface area contributed by atoms with Crippen LogP contribution in [0.1, 0.15) is 55.6 Å². The van der Waals surface area contributed by atoms with Crippen molar-refractivity contribution in [1.29, 1.82) is 0 Å². The number of hydrogen-bond donors (Lipinski definition) is 1. The molecule has 5 nitrogen and oxygen atoms in total. The number of ether oxygens (including phenoxy) is 1. The van der Waals surface area contributed by atoms with Crippen molar-refractivity contribution in [2.75, 3.05) is 6.54 Å². The summed E-state index contributed by atoms with van der Waals surface area (Å²) in [6.45, 7) is 13.5. The first-order chi connectivity index (χ1) is 12.3. The number of nitrogens with zero attached hydrogens (tertiary/aromatic N) is 2. The minimum atomic E-state index is -0.525. The summed E-state index contributed by atoms with van der Waals surface area (Å²) in [5.41, 5.74) is 4.42. The number of hydrogen-bond acceptors (Lipinski definition) is 3. The lowest BCUT2D eigenvalue weighted by Crippen LogP contribution is -2.37. The second-order valence-electron chi connectivity index (χ2n) is 7.25. The molecule has 2 rings (SSSR count). The molecule has 0 aliphatic heterocycles. The first kappa shape index (κ1) is 20.0. The molecule has 1 aromatic heterocycles. The summed E-state index contributed by atoms with van der Waals surface area (Å²) in [4.78, 5) is 12.3. The molecular weight excluding hydrogens is 326 g/mol. The third kappa shape index (κ3) is 5.35. The number of rotatable bonds is 8. The Hall–Kier alpha value is -2.30. The van der Waals surface area contributed by atoms with Crippen molar-refractivity contribution in [3.8, 4) is 5.75 Å². The molecule has 0 spiro atoms. The molecule has 0 saturated heterocycles. The molecule has 0 saturated carbocycles. The molecule has 0 radical (unpaired) electrons. The maximum absolute atomic E-state index is 12.3. The van der Waals surface area contributed by atoms with E-state index in [-0.39, 0.29) is 5.91 Å². The molecule has 26 heavy (non-hydrogen) atoms. The Labute approximate surface area is 156 Å². The highest BCUT2D eigenvalue weighted by atomic mass is 16.5. The van der Waals surface area contributed by atoms with Gasteiger partial charge >= 0.3 is 0 Å². The molecule has 2 aromatic rings. The fraction of sp³-hybridized carbons (Fsp3) is 0.524. The summed E-state index contributed by atoms with van der Waals surface area (Å²) in [5, 5.41) is 7.39. The van der Waals surface area contributed by atoms with Crippen molar-refractivity contribution in [2.45, 2.75) is 66.5 Å². The van der Waals surface area contributed by atoms with E-state index in [0.29, 0.717) is 12.5 Å². The van der Waals surface area contributed by atoms with Crippen LogP contribution in [0, 0.1) is 20.8 Å². The van der Waals surface area contributed by atoms with Gasteiger partial charge in [0.05, 0.1) is 5.69 Å². The van der Waals surface area contributed by atoms with Gasteiger partial charge in [-0.05, 0) is 63.3 Å². The SMILES string of the molecule is Cc1ccc(C(C)C)c(OC(C)C(=O)NCCCn2nc(C)cc2C)c1. The molecule has 0 bridgehead atoms. The van der Waals surface area contributed by atoms with Crippen molar-refractivity contribution >= 4 is 5.91 Å². The predicted octanol–water partition coefficient (Wildman–Crippen LogP) is 3.91. The zero-order chi connectivity index (χ0) is 19.3. The number of carbonyl (C=O) groups excluding carboxylic acids is 1. The number of benzene rings is 1. The monoisotopic (exact) mass is 357 g/mol. The third-order valence-electron chi connectivity index (χ3n) is 4.41. The van der Waals surface area contributed by atoms with Crippen molar-refractivity contribution in [1.82, 2.24) is 15.1 Å². The summed E-state index contributed by atoms with van der Waals surface area (Å²) in [5.74, 6) is 1.06. The van der Waals surface area contributed by atoms with E-state index in [1.165, 1.54) is 0 Å². The van der Waals surface area contributed by atoms with Gasteiger partial charge in [-0.25, -0.2) is 0 Å². The Kier molecular flexibility index (Phi) is 6.83. The van der Waals surface area contributed by atoms with Gasteiger partial charge in [-0.3, -0.25) is 9.48 Å². The first-order valence-electron chi connectivity index (χ1n) is 9.34. The zero-order valence-electron chi connectivity index (χ0n) is 16.8. The largest absolute Gasteiger partial charge is 0.481 e.